The van der Waals surface area contributed by atoms with E-state index < -0.39 is 17.2 Å². The van der Waals surface area contributed by atoms with Crippen LogP contribution < -0.4 is 5.32 Å². The van der Waals surface area contributed by atoms with Crippen LogP contribution in [0.1, 0.15) is 37.7 Å². The van der Waals surface area contributed by atoms with Gasteiger partial charge < -0.3 is 10.4 Å². The molecule has 2 fully saturated rings. The molecule has 0 aromatic heterocycles. The zero-order valence-electron chi connectivity index (χ0n) is 10.8. The molecule has 0 saturated carbocycles. The summed E-state index contributed by atoms with van der Waals surface area (Å²) in [7, 11) is 0. The van der Waals surface area contributed by atoms with Crippen LogP contribution in [0.4, 0.5) is 8.78 Å². The minimum absolute atomic E-state index is 0.200. The smallest absolute Gasteiger partial charge is 0.162 e. The van der Waals surface area contributed by atoms with Crippen LogP contribution >= 0.6 is 0 Å². The first-order valence-corrected chi connectivity index (χ1v) is 6.97. The highest BCUT2D eigenvalue weighted by molar-refractivity contribution is 5.21. The molecule has 3 rings (SSSR count). The fourth-order valence-electron chi connectivity index (χ4n) is 3.62. The Kier molecular flexibility index (Phi) is 3.31. The second kappa shape index (κ2) is 4.84. The Morgan fingerprint density at radius 1 is 1.21 bits per heavy atom. The van der Waals surface area contributed by atoms with Crippen molar-refractivity contribution in [2.75, 3.05) is 0 Å². The summed E-state index contributed by atoms with van der Waals surface area (Å²) in [6.45, 7) is 0. The summed E-state index contributed by atoms with van der Waals surface area (Å²) in [5.74, 6) is -1.66. The zero-order valence-corrected chi connectivity index (χ0v) is 10.8. The molecule has 2 heterocycles. The van der Waals surface area contributed by atoms with Crippen molar-refractivity contribution in [1.29, 1.82) is 0 Å². The fourth-order valence-corrected chi connectivity index (χ4v) is 3.62. The minimum atomic E-state index is -0.907. The van der Waals surface area contributed by atoms with Crippen molar-refractivity contribution in [3.05, 3.63) is 35.4 Å². The summed E-state index contributed by atoms with van der Waals surface area (Å²) in [6, 6.07) is 4.80. The van der Waals surface area contributed by atoms with E-state index in [0.29, 0.717) is 24.9 Å². The second-order valence-corrected chi connectivity index (χ2v) is 6.01. The Hall–Kier alpha value is -1.00. The van der Waals surface area contributed by atoms with Crippen molar-refractivity contribution in [2.24, 2.45) is 0 Å². The Bertz CT molecular complexity index is 465. The van der Waals surface area contributed by atoms with Gasteiger partial charge in [0.2, 0.25) is 0 Å². The molecule has 2 unspecified atom stereocenters. The van der Waals surface area contributed by atoms with Crippen molar-refractivity contribution in [2.45, 2.75) is 56.2 Å². The predicted octanol–water partition coefficient (Wildman–Crippen LogP) is 2.54. The molecular formula is C15H19F2NO. The molecule has 4 heteroatoms. The maximum Gasteiger partial charge on any atom is 0.162 e. The molecule has 2 saturated heterocycles. The molecule has 1 aromatic rings. The molecule has 0 radical (unpaired) electrons. The lowest BCUT2D eigenvalue weighted by Gasteiger charge is -2.45. The van der Waals surface area contributed by atoms with Gasteiger partial charge in [-0.1, -0.05) is 18.6 Å². The monoisotopic (exact) mass is 267 g/mol. The van der Waals surface area contributed by atoms with E-state index in [-0.39, 0.29) is 12.0 Å². The first kappa shape index (κ1) is 13.0. The van der Waals surface area contributed by atoms with Crippen molar-refractivity contribution in [3.8, 4) is 0 Å². The number of aliphatic hydroxyl groups is 1. The highest BCUT2D eigenvalue weighted by Crippen LogP contribution is 2.35. The van der Waals surface area contributed by atoms with Gasteiger partial charge >= 0.3 is 0 Å². The van der Waals surface area contributed by atoms with Crippen LogP contribution in [0.15, 0.2) is 18.2 Å². The molecular weight excluding hydrogens is 248 g/mol. The minimum Gasteiger partial charge on any atom is -0.389 e. The molecule has 0 amide bonds. The van der Waals surface area contributed by atoms with Gasteiger partial charge in [-0.2, -0.15) is 0 Å². The lowest BCUT2D eigenvalue weighted by atomic mass is 9.74. The van der Waals surface area contributed by atoms with E-state index in [0.717, 1.165) is 18.9 Å². The van der Waals surface area contributed by atoms with Crippen molar-refractivity contribution >= 4 is 0 Å². The van der Waals surface area contributed by atoms with E-state index in [1.165, 1.54) is 12.5 Å². The lowest BCUT2D eigenvalue weighted by Crippen LogP contribution is -2.56. The number of fused-ring (bicyclic) bond motifs is 2. The molecule has 2 nitrogen and oxygen atoms in total. The van der Waals surface area contributed by atoms with Gasteiger partial charge in [-0.3, -0.25) is 0 Å². The van der Waals surface area contributed by atoms with Gasteiger partial charge in [0, 0.05) is 18.5 Å². The number of hydrogen-bond donors (Lipinski definition) is 2. The van der Waals surface area contributed by atoms with E-state index in [4.69, 9.17) is 0 Å². The van der Waals surface area contributed by atoms with E-state index >= 15 is 0 Å². The van der Waals surface area contributed by atoms with Gasteiger partial charge in [0.1, 0.15) is 0 Å². The summed E-state index contributed by atoms with van der Waals surface area (Å²) < 4.78 is 26.9. The Morgan fingerprint density at radius 2 is 1.89 bits per heavy atom. The number of halogens is 2. The first-order valence-electron chi connectivity index (χ1n) is 6.97. The summed E-state index contributed by atoms with van der Waals surface area (Å²) in [5, 5.41) is 14.2. The van der Waals surface area contributed by atoms with Gasteiger partial charge in [-0.25, -0.2) is 8.78 Å². The predicted molar refractivity (Wildman–Crippen MR) is 68.8 cm³/mol. The molecule has 0 aliphatic carbocycles. The Morgan fingerprint density at radius 3 is 2.58 bits per heavy atom. The molecule has 2 bridgehead atoms. The van der Waals surface area contributed by atoms with E-state index in [1.807, 2.05) is 0 Å². The molecule has 2 atom stereocenters. The normalized spacial score (nSPS) is 34.3. The molecule has 2 N–H and O–H groups in total. The third-order valence-corrected chi connectivity index (χ3v) is 4.38. The van der Waals surface area contributed by atoms with Gasteiger partial charge in [0.15, 0.2) is 11.6 Å². The van der Waals surface area contributed by atoms with Crippen molar-refractivity contribution in [3.63, 3.8) is 0 Å². The van der Waals surface area contributed by atoms with Gasteiger partial charge in [-0.15, -0.1) is 0 Å². The average Bonchev–Trinajstić information content (AvgIpc) is 2.34. The highest BCUT2D eigenvalue weighted by Gasteiger charge is 2.41. The number of piperidine rings is 2. The van der Waals surface area contributed by atoms with Crippen LogP contribution in [-0.4, -0.2) is 22.8 Å². The van der Waals surface area contributed by atoms with Crippen LogP contribution in [0.3, 0.4) is 0 Å². The summed E-state index contributed by atoms with van der Waals surface area (Å²) in [4.78, 5) is 0. The second-order valence-electron chi connectivity index (χ2n) is 6.01. The number of hydrogen-bond acceptors (Lipinski definition) is 2. The van der Waals surface area contributed by atoms with Crippen LogP contribution in [-0.2, 0) is 6.42 Å². The van der Waals surface area contributed by atoms with E-state index in [9.17, 15) is 13.9 Å². The van der Waals surface area contributed by atoms with Crippen molar-refractivity contribution < 1.29 is 13.9 Å². The van der Waals surface area contributed by atoms with E-state index in [1.54, 1.807) is 6.07 Å². The third-order valence-electron chi connectivity index (χ3n) is 4.38. The highest BCUT2D eigenvalue weighted by atomic mass is 19.2. The van der Waals surface area contributed by atoms with E-state index in [2.05, 4.69) is 5.32 Å². The van der Waals surface area contributed by atoms with Crippen LogP contribution in [0.25, 0.3) is 0 Å². The summed E-state index contributed by atoms with van der Waals surface area (Å²) in [6.07, 6.45) is 4.76. The fraction of sp³-hybridized carbons (Fsp3) is 0.600. The Balaban J connectivity index is 1.80. The number of rotatable bonds is 2. The Labute approximate surface area is 111 Å². The summed E-state index contributed by atoms with van der Waals surface area (Å²) in [5.41, 5.74) is -0.627. The maximum absolute atomic E-state index is 13.7. The van der Waals surface area contributed by atoms with Gasteiger partial charge in [-0.05, 0) is 37.3 Å². The third kappa shape index (κ3) is 2.65. The van der Waals surface area contributed by atoms with Crippen LogP contribution in [0.2, 0.25) is 0 Å². The largest absolute Gasteiger partial charge is 0.389 e. The summed E-state index contributed by atoms with van der Waals surface area (Å²) >= 11 is 0. The quantitative estimate of drug-likeness (QED) is 0.863. The molecule has 2 aliphatic rings. The molecule has 0 spiro atoms. The molecule has 19 heavy (non-hydrogen) atoms. The standard InChI is InChI=1S/C15H19F2NO/c16-13-6-1-3-10(14(13)17)7-15(19)8-11-4-2-5-12(9-15)18-11/h1,3,6,11-12,18-19H,2,4-5,7-9H2. The van der Waals surface area contributed by atoms with Gasteiger partial charge in [0.25, 0.3) is 0 Å². The molecule has 104 valence electrons. The first-order chi connectivity index (χ1) is 9.06. The van der Waals surface area contributed by atoms with Crippen LogP contribution in [0.5, 0.6) is 0 Å². The topological polar surface area (TPSA) is 32.3 Å². The molecule has 2 aliphatic heterocycles. The zero-order chi connectivity index (χ0) is 13.5. The SMILES string of the molecule is OC1(Cc2cccc(F)c2F)CC2CCCC(C1)N2. The maximum atomic E-state index is 13.7. The van der Waals surface area contributed by atoms with Crippen LogP contribution in [0, 0.1) is 11.6 Å². The average molecular weight is 267 g/mol. The van der Waals surface area contributed by atoms with Crippen molar-refractivity contribution in [1.82, 2.24) is 5.32 Å². The molecule has 1 aromatic carbocycles. The number of nitrogens with one attached hydrogen (secondary N) is 1. The van der Waals surface area contributed by atoms with Gasteiger partial charge in [0.05, 0.1) is 5.60 Å². The lowest BCUT2D eigenvalue weighted by molar-refractivity contribution is -0.0308. The number of benzene rings is 1.